The van der Waals surface area contributed by atoms with Gasteiger partial charge in [-0.15, -0.1) is 0 Å². The van der Waals surface area contributed by atoms with Crippen molar-refractivity contribution in [2.24, 2.45) is 0 Å². The lowest BCUT2D eigenvalue weighted by atomic mass is 10.2. The molecule has 26 heavy (non-hydrogen) atoms. The van der Waals surface area contributed by atoms with E-state index in [0.717, 1.165) is 11.3 Å². The van der Waals surface area contributed by atoms with Gasteiger partial charge in [-0.1, -0.05) is 29.8 Å². The average Bonchev–Trinajstić information content (AvgIpc) is 2.65. The monoisotopic (exact) mass is 367 g/mol. The van der Waals surface area contributed by atoms with Crippen LogP contribution in [0.2, 0.25) is 5.02 Å². The van der Waals surface area contributed by atoms with Crippen LogP contribution in [0, 0.1) is 6.92 Å². The minimum atomic E-state index is -0.245. The highest BCUT2D eigenvalue weighted by Gasteiger charge is 2.05. The number of amides is 1. The Morgan fingerprint density at radius 3 is 2.62 bits per heavy atom. The summed E-state index contributed by atoms with van der Waals surface area (Å²) in [5, 5.41) is 6.66. The molecule has 0 saturated carbocycles. The molecule has 0 fully saturated rings. The zero-order valence-corrected chi connectivity index (χ0v) is 15.0. The molecule has 0 atom stereocenters. The van der Waals surface area contributed by atoms with Crippen LogP contribution in [0.15, 0.2) is 66.9 Å². The van der Waals surface area contributed by atoms with Gasteiger partial charge >= 0.3 is 0 Å². The minimum Gasteiger partial charge on any atom is -0.484 e. The molecule has 0 spiro atoms. The Labute approximate surface area is 157 Å². The minimum absolute atomic E-state index is 0.0615. The highest BCUT2D eigenvalue weighted by molar-refractivity contribution is 6.30. The molecule has 0 bridgehead atoms. The van der Waals surface area contributed by atoms with E-state index in [1.807, 2.05) is 43.3 Å². The number of aryl methyl sites for hydroxylation is 1. The van der Waals surface area contributed by atoms with Crippen LogP contribution < -0.4 is 15.4 Å². The first-order valence-electron chi connectivity index (χ1n) is 8.07. The zero-order valence-electron chi connectivity index (χ0n) is 14.2. The number of aromatic nitrogens is 1. The fraction of sp³-hybridized carbons (Fsp3) is 0.100. The predicted octanol–water partition coefficient (Wildman–Crippen LogP) is 4.80. The summed E-state index contributed by atoms with van der Waals surface area (Å²) in [5.41, 5.74) is 2.55. The molecule has 0 unspecified atom stereocenters. The molecule has 1 heterocycles. The van der Waals surface area contributed by atoms with Crippen LogP contribution in [0.3, 0.4) is 0 Å². The Balaban J connectivity index is 1.54. The molecule has 0 aliphatic rings. The number of anilines is 3. The molecule has 3 rings (SSSR count). The van der Waals surface area contributed by atoms with E-state index in [2.05, 4.69) is 15.6 Å². The maximum atomic E-state index is 11.9. The number of carbonyl (C=O) groups excluding carboxylic acids is 1. The van der Waals surface area contributed by atoms with Crippen LogP contribution in [0.25, 0.3) is 0 Å². The Morgan fingerprint density at radius 2 is 1.92 bits per heavy atom. The number of pyridine rings is 1. The van der Waals surface area contributed by atoms with Gasteiger partial charge in [-0.05, 0) is 55.0 Å². The lowest BCUT2D eigenvalue weighted by molar-refractivity contribution is -0.118. The lowest BCUT2D eigenvalue weighted by Gasteiger charge is -2.10. The van der Waals surface area contributed by atoms with E-state index in [1.165, 1.54) is 0 Å². The maximum absolute atomic E-state index is 11.9. The third-order valence-corrected chi connectivity index (χ3v) is 3.85. The highest BCUT2D eigenvalue weighted by Crippen LogP contribution is 2.23. The van der Waals surface area contributed by atoms with E-state index in [4.69, 9.17) is 16.3 Å². The second-order valence-corrected chi connectivity index (χ2v) is 6.10. The van der Waals surface area contributed by atoms with Crippen molar-refractivity contribution in [3.05, 3.63) is 77.4 Å². The summed E-state index contributed by atoms with van der Waals surface area (Å²) in [4.78, 5) is 16.3. The van der Waals surface area contributed by atoms with E-state index in [0.29, 0.717) is 22.3 Å². The van der Waals surface area contributed by atoms with Crippen molar-refractivity contribution in [1.82, 2.24) is 4.98 Å². The number of benzene rings is 2. The number of halogens is 1. The highest BCUT2D eigenvalue weighted by atomic mass is 35.5. The molecule has 1 amide bonds. The van der Waals surface area contributed by atoms with Gasteiger partial charge in [0, 0.05) is 10.7 Å². The number of para-hydroxylation sites is 1. The predicted molar refractivity (Wildman–Crippen MR) is 104 cm³/mol. The third kappa shape index (κ3) is 4.97. The second-order valence-electron chi connectivity index (χ2n) is 5.67. The molecule has 2 aromatic carbocycles. The average molecular weight is 368 g/mol. The van der Waals surface area contributed by atoms with E-state index in [1.54, 1.807) is 30.5 Å². The van der Waals surface area contributed by atoms with Crippen LogP contribution in [0.4, 0.5) is 17.2 Å². The topological polar surface area (TPSA) is 63.2 Å². The lowest BCUT2D eigenvalue weighted by Crippen LogP contribution is -2.20. The standard InChI is InChI=1S/C20H18ClN3O2/c1-14-11-15(21)7-9-18(14)24-19-10-8-16(12-22-19)23-20(25)13-26-17-5-3-2-4-6-17/h2-12H,13H2,1H3,(H,22,24)(H,23,25). The number of carbonyl (C=O) groups is 1. The smallest absolute Gasteiger partial charge is 0.262 e. The Bertz CT molecular complexity index is 883. The van der Waals surface area contributed by atoms with Crippen molar-refractivity contribution >= 4 is 34.7 Å². The van der Waals surface area contributed by atoms with Crippen molar-refractivity contribution < 1.29 is 9.53 Å². The molecular formula is C20H18ClN3O2. The van der Waals surface area contributed by atoms with E-state index < -0.39 is 0 Å². The second kappa shape index (κ2) is 8.36. The SMILES string of the molecule is Cc1cc(Cl)ccc1Nc1ccc(NC(=O)COc2ccccc2)cn1. The summed E-state index contributed by atoms with van der Waals surface area (Å²) >= 11 is 5.96. The van der Waals surface area contributed by atoms with Crippen molar-refractivity contribution in [3.8, 4) is 5.75 Å². The van der Waals surface area contributed by atoms with Gasteiger partial charge < -0.3 is 15.4 Å². The molecule has 5 nitrogen and oxygen atoms in total. The summed E-state index contributed by atoms with van der Waals surface area (Å²) in [6, 6.07) is 18.4. The van der Waals surface area contributed by atoms with E-state index >= 15 is 0 Å². The first-order valence-corrected chi connectivity index (χ1v) is 8.45. The molecule has 3 aromatic rings. The first-order chi connectivity index (χ1) is 12.6. The molecule has 0 radical (unpaired) electrons. The summed E-state index contributed by atoms with van der Waals surface area (Å²) < 4.78 is 5.41. The van der Waals surface area contributed by atoms with Gasteiger partial charge in [-0.2, -0.15) is 0 Å². The fourth-order valence-corrected chi connectivity index (χ4v) is 2.54. The number of nitrogens with zero attached hydrogens (tertiary/aromatic N) is 1. The van der Waals surface area contributed by atoms with Gasteiger partial charge in [-0.3, -0.25) is 4.79 Å². The number of hydrogen-bond donors (Lipinski definition) is 2. The Hall–Kier alpha value is -3.05. The molecule has 0 saturated heterocycles. The van der Waals surface area contributed by atoms with Gasteiger partial charge in [0.15, 0.2) is 6.61 Å². The van der Waals surface area contributed by atoms with E-state index in [9.17, 15) is 4.79 Å². The molecule has 6 heteroatoms. The number of hydrogen-bond acceptors (Lipinski definition) is 4. The molecular weight excluding hydrogens is 350 g/mol. The van der Waals surface area contributed by atoms with Crippen LogP contribution in [-0.2, 0) is 4.79 Å². The fourth-order valence-electron chi connectivity index (χ4n) is 2.31. The summed E-state index contributed by atoms with van der Waals surface area (Å²) in [6.07, 6.45) is 1.59. The van der Waals surface area contributed by atoms with Gasteiger partial charge in [0.1, 0.15) is 11.6 Å². The number of nitrogens with one attached hydrogen (secondary N) is 2. The molecule has 2 N–H and O–H groups in total. The van der Waals surface area contributed by atoms with Crippen LogP contribution in [0.5, 0.6) is 5.75 Å². The van der Waals surface area contributed by atoms with Crippen LogP contribution in [0.1, 0.15) is 5.56 Å². The van der Waals surface area contributed by atoms with Gasteiger partial charge in [-0.25, -0.2) is 4.98 Å². The van der Waals surface area contributed by atoms with Crippen molar-refractivity contribution in [3.63, 3.8) is 0 Å². The van der Waals surface area contributed by atoms with Crippen LogP contribution >= 0.6 is 11.6 Å². The molecule has 0 aliphatic heterocycles. The van der Waals surface area contributed by atoms with Crippen molar-refractivity contribution in [2.75, 3.05) is 17.2 Å². The number of rotatable bonds is 6. The van der Waals surface area contributed by atoms with Gasteiger partial charge in [0.25, 0.3) is 5.91 Å². The largest absolute Gasteiger partial charge is 0.484 e. The van der Waals surface area contributed by atoms with Crippen molar-refractivity contribution in [1.29, 1.82) is 0 Å². The van der Waals surface area contributed by atoms with Gasteiger partial charge in [0.2, 0.25) is 0 Å². The third-order valence-electron chi connectivity index (χ3n) is 3.61. The van der Waals surface area contributed by atoms with Gasteiger partial charge in [0.05, 0.1) is 11.9 Å². The molecule has 0 aliphatic carbocycles. The molecule has 132 valence electrons. The summed E-state index contributed by atoms with van der Waals surface area (Å²) in [6.45, 7) is 1.91. The zero-order chi connectivity index (χ0) is 18.4. The Kier molecular flexibility index (Phi) is 5.71. The number of ether oxygens (including phenoxy) is 1. The first kappa shape index (κ1) is 17.8. The van der Waals surface area contributed by atoms with Crippen LogP contribution in [-0.4, -0.2) is 17.5 Å². The summed E-state index contributed by atoms with van der Waals surface area (Å²) in [5.74, 6) is 1.08. The molecule has 1 aromatic heterocycles. The maximum Gasteiger partial charge on any atom is 0.262 e. The van der Waals surface area contributed by atoms with Crippen molar-refractivity contribution in [2.45, 2.75) is 6.92 Å². The van der Waals surface area contributed by atoms with E-state index in [-0.39, 0.29) is 12.5 Å². The summed E-state index contributed by atoms with van der Waals surface area (Å²) in [7, 11) is 0. The normalized spacial score (nSPS) is 10.2. The quantitative estimate of drug-likeness (QED) is 0.656. The Morgan fingerprint density at radius 1 is 1.12 bits per heavy atom.